The maximum Gasteiger partial charge on any atom is 0.0795 e. The lowest BCUT2D eigenvalue weighted by molar-refractivity contribution is 0.0618. The minimum absolute atomic E-state index is 0.210. The first kappa shape index (κ1) is 13.0. The molecule has 17 heavy (non-hydrogen) atoms. The van der Waals surface area contributed by atoms with Crippen LogP contribution in [0.3, 0.4) is 0 Å². The summed E-state index contributed by atoms with van der Waals surface area (Å²) in [5.74, 6) is 0.678. The lowest BCUT2D eigenvalue weighted by Gasteiger charge is -2.46. The normalized spacial score (nSPS) is 25.4. The van der Waals surface area contributed by atoms with Crippen molar-refractivity contribution in [1.82, 2.24) is 15.2 Å². The highest BCUT2D eigenvalue weighted by Gasteiger charge is 2.33. The van der Waals surface area contributed by atoms with E-state index in [9.17, 15) is 0 Å². The molecule has 1 atom stereocenters. The molecule has 0 bridgehead atoms. The second kappa shape index (κ2) is 5.04. The number of piperazine rings is 1. The van der Waals surface area contributed by atoms with Crippen LogP contribution >= 0.6 is 11.3 Å². The summed E-state index contributed by atoms with van der Waals surface area (Å²) in [6.45, 7) is 12.3. The van der Waals surface area contributed by atoms with Crippen molar-refractivity contribution in [3.05, 3.63) is 16.6 Å². The molecule has 1 unspecified atom stereocenters. The Kier molecular flexibility index (Phi) is 3.85. The van der Waals surface area contributed by atoms with Crippen LogP contribution in [-0.4, -0.2) is 34.6 Å². The Morgan fingerprint density at radius 1 is 1.59 bits per heavy atom. The summed E-state index contributed by atoms with van der Waals surface area (Å²) < 4.78 is 0. The summed E-state index contributed by atoms with van der Waals surface area (Å²) in [5, 5.41) is 5.80. The molecule has 1 saturated heterocycles. The van der Waals surface area contributed by atoms with Crippen molar-refractivity contribution in [3.8, 4) is 0 Å². The predicted octanol–water partition coefficient (Wildman–Crippen LogP) is 2.35. The lowest BCUT2D eigenvalue weighted by Crippen LogP contribution is -2.62. The molecule has 0 saturated carbocycles. The molecule has 3 nitrogen and oxygen atoms in total. The fourth-order valence-electron chi connectivity index (χ4n) is 2.55. The lowest BCUT2D eigenvalue weighted by atomic mass is 9.93. The van der Waals surface area contributed by atoms with E-state index in [2.05, 4.69) is 48.3 Å². The van der Waals surface area contributed by atoms with Gasteiger partial charge in [-0.15, -0.1) is 11.3 Å². The number of nitrogens with one attached hydrogen (secondary N) is 1. The number of hydrogen-bond donors (Lipinski definition) is 1. The topological polar surface area (TPSA) is 28.2 Å². The van der Waals surface area contributed by atoms with Crippen LogP contribution in [-0.2, 0) is 6.54 Å². The number of hydrogen-bond acceptors (Lipinski definition) is 4. The smallest absolute Gasteiger partial charge is 0.0795 e. The van der Waals surface area contributed by atoms with E-state index in [1.807, 2.05) is 5.51 Å². The number of nitrogens with zero attached hydrogens (tertiary/aromatic N) is 2. The van der Waals surface area contributed by atoms with E-state index in [1.54, 1.807) is 11.3 Å². The molecule has 2 heterocycles. The van der Waals surface area contributed by atoms with Crippen molar-refractivity contribution >= 4 is 11.3 Å². The van der Waals surface area contributed by atoms with E-state index in [1.165, 1.54) is 5.69 Å². The third-order valence-corrected chi connectivity index (χ3v) is 4.11. The molecule has 0 amide bonds. The van der Waals surface area contributed by atoms with Crippen molar-refractivity contribution < 1.29 is 0 Å². The average molecular weight is 253 g/mol. The zero-order valence-corrected chi connectivity index (χ0v) is 12.0. The van der Waals surface area contributed by atoms with E-state index in [4.69, 9.17) is 0 Å². The van der Waals surface area contributed by atoms with Gasteiger partial charge in [-0.1, -0.05) is 13.8 Å². The van der Waals surface area contributed by atoms with Gasteiger partial charge in [-0.2, -0.15) is 0 Å². The van der Waals surface area contributed by atoms with E-state index in [0.29, 0.717) is 12.0 Å². The van der Waals surface area contributed by atoms with E-state index < -0.39 is 0 Å². The summed E-state index contributed by atoms with van der Waals surface area (Å²) in [5.41, 5.74) is 3.34. The molecule has 1 fully saturated rings. The second-order valence-corrected chi connectivity index (χ2v) is 6.68. The van der Waals surface area contributed by atoms with Crippen molar-refractivity contribution in [3.63, 3.8) is 0 Å². The molecular weight excluding hydrogens is 230 g/mol. The van der Waals surface area contributed by atoms with Crippen LogP contribution in [0.5, 0.6) is 0 Å². The third-order valence-electron chi connectivity index (χ3n) is 3.48. The highest BCUT2D eigenvalue weighted by Crippen LogP contribution is 2.22. The summed E-state index contributed by atoms with van der Waals surface area (Å²) in [6, 6.07) is 0.615. The Bertz CT molecular complexity index is 346. The molecule has 0 aliphatic carbocycles. The number of rotatable bonds is 3. The Morgan fingerprint density at radius 2 is 2.35 bits per heavy atom. The van der Waals surface area contributed by atoms with E-state index >= 15 is 0 Å². The Morgan fingerprint density at radius 3 is 2.94 bits per heavy atom. The average Bonchev–Trinajstić information content (AvgIpc) is 2.68. The first-order chi connectivity index (χ1) is 7.98. The van der Waals surface area contributed by atoms with Gasteiger partial charge in [-0.25, -0.2) is 4.98 Å². The van der Waals surface area contributed by atoms with Crippen LogP contribution in [0.4, 0.5) is 0 Å². The largest absolute Gasteiger partial charge is 0.309 e. The first-order valence-electron chi connectivity index (χ1n) is 6.34. The molecule has 1 aromatic heterocycles. The third kappa shape index (κ3) is 3.27. The standard InChI is InChI=1S/C13H23N3S/c1-10(2)12-5-15-13(3,4)8-16(12)6-11-7-17-9-14-11/h7,9-10,12,15H,5-6,8H2,1-4H3. The van der Waals surface area contributed by atoms with Crippen molar-refractivity contribution in [2.24, 2.45) is 5.92 Å². The van der Waals surface area contributed by atoms with E-state index in [0.717, 1.165) is 19.6 Å². The molecular formula is C13H23N3S. The molecule has 1 aliphatic heterocycles. The fraction of sp³-hybridized carbons (Fsp3) is 0.769. The van der Waals surface area contributed by atoms with Crippen molar-refractivity contribution in [2.45, 2.75) is 45.8 Å². The van der Waals surface area contributed by atoms with Gasteiger partial charge in [0, 0.05) is 36.6 Å². The highest BCUT2D eigenvalue weighted by atomic mass is 32.1. The van der Waals surface area contributed by atoms with Crippen molar-refractivity contribution in [2.75, 3.05) is 13.1 Å². The number of aromatic nitrogens is 1. The monoisotopic (exact) mass is 253 g/mol. The molecule has 1 N–H and O–H groups in total. The van der Waals surface area contributed by atoms with Crippen LogP contribution in [0.25, 0.3) is 0 Å². The van der Waals surface area contributed by atoms with Gasteiger partial charge in [0.05, 0.1) is 11.2 Å². The van der Waals surface area contributed by atoms with Gasteiger partial charge >= 0.3 is 0 Å². The SMILES string of the molecule is CC(C)C1CNC(C)(C)CN1Cc1cscn1. The zero-order valence-electron chi connectivity index (χ0n) is 11.2. The quantitative estimate of drug-likeness (QED) is 0.896. The number of thiazole rings is 1. The molecule has 96 valence electrons. The minimum atomic E-state index is 0.210. The fourth-order valence-corrected chi connectivity index (χ4v) is 3.09. The summed E-state index contributed by atoms with van der Waals surface area (Å²) in [6.07, 6.45) is 0. The molecule has 0 spiro atoms. The highest BCUT2D eigenvalue weighted by molar-refractivity contribution is 7.07. The molecule has 0 radical (unpaired) electrons. The Balaban J connectivity index is 2.08. The van der Waals surface area contributed by atoms with Crippen molar-refractivity contribution in [1.29, 1.82) is 0 Å². The van der Waals surface area contributed by atoms with Crippen LogP contribution in [0, 0.1) is 5.92 Å². The van der Waals surface area contributed by atoms with Crippen LogP contribution in [0.1, 0.15) is 33.4 Å². The molecule has 1 aromatic rings. The summed E-state index contributed by atoms with van der Waals surface area (Å²) in [4.78, 5) is 6.99. The van der Waals surface area contributed by atoms with Gasteiger partial charge in [-0.3, -0.25) is 4.90 Å². The Hall–Kier alpha value is -0.450. The van der Waals surface area contributed by atoms with Gasteiger partial charge in [0.25, 0.3) is 0 Å². The maximum absolute atomic E-state index is 4.41. The predicted molar refractivity (Wildman–Crippen MR) is 73.2 cm³/mol. The zero-order chi connectivity index (χ0) is 12.5. The summed E-state index contributed by atoms with van der Waals surface area (Å²) >= 11 is 1.68. The molecule has 4 heteroatoms. The first-order valence-corrected chi connectivity index (χ1v) is 7.28. The maximum atomic E-state index is 4.41. The molecule has 2 rings (SSSR count). The summed E-state index contributed by atoms with van der Waals surface area (Å²) in [7, 11) is 0. The van der Waals surface area contributed by atoms with Crippen LogP contribution < -0.4 is 5.32 Å². The van der Waals surface area contributed by atoms with Gasteiger partial charge in [0.2, 0.25) is 0 Å². The second-order valence-electron chi connectivity index (χ2n) is 5.96. The molecule has 0 aromatic carbocycles. The van der Waals surface area contributed by atoms with Gasteiger partial charge < -0.3 is 5.32 Å². The van der Waals surface area contributed by atoms with Gasteiger partial charge in [-0.05, 0) is 19.8 Å². The Labute approximate surface area is 108 Å². The van der Waals surface area contributed by atoms with Gasteiger partial charge in [0.1, 0.15) is 0 Å². The van der Waals surface area contributed by atoms with Crippen LogP contribution in [0.15, 0.2) is 10.9 Å². The van der Waals surface area contributed by atoms with E-state index in [-0.39, 0.29) is 5.54 Å². The van der Waals surface area contributed by atoms with Gasteiger partial charge in [0.15, 0.2) is 0 Å². The van der Waals surface area contributed by atoms with Crippen LogP contribution in [0.2, 0.25) is 0 Å². The molecule has 1 aliphatic rings. The minimum Gasteiger partial charge on any atom is -0.309 e.